The molecule has 26 heavy (non-hydrogen) atoms. The molecular weight excluding hydrogens is 439 g/mol. The van der Waals surface area contributed by atoms with E-state index < -0.39 is 22.5 Å². The minimum Gasteiger partial charge on any atom is -0.322 e. The van der Waals surface area contributed by atoms with E-state index in [0.717, 1.165) is 27.1 Å². The molecule has 0 saturated heterocycles. The third kappa shape index (κ3) is 3.56. The molecule has 0 fully saturated rings. The molecule has 1 aliphatic carbocycles. The number of benzene rings is 2. The van der Waals surface area contributed by atoms with Crippen molar-refractivity contribution in [2.45, 2.75) is 19.2 Å². The van der Waals surface area contributed by atoms with Crippen molar-refractivity contribution in [1.29, 1.82) is 0 Å². The van der Waals surface area contributed by atoms with Crippen LogP contribution in [0.4, 0.5) is 0 Å². The zero-order valence-electron chi connectivity index (χ0n) is 14.6. The summed E-state index contributed by atoms with van der Waals surface area (Å²) in [5.41, 5.74) is 2.07. The molecule has 3 aromatic rings. The average molecular weight is 458 g/mol. The van der Waals surface area contributed by atoms with Gasteiger partial charge >= 0.3 is 7.60 Å². The molecule has 131 valence electrons. The maximum Gasteiger partial charge on any atom is 0.340 e. The van der Waals surface area contributed by atoms with E-state index in [2.05, 4.69) is 19.2 Å². The van der Waals surface area contributed by atoms with Crippen molar-refractivity contribution in [3.63, 3.8) is 0 Å². The molecule has 2 atom stereocenters. The molecule has 0 saturated carbocycles. The Balaban J connectivity index is 0.00000196. The molecule has 0 amide bonds. The molecule has 2 unspecified atom stereocenters. The van der Waals surface area contributed by atoms with Crippen LogP contribution in [0.5, 0.6) is 0 Å². The van der Waals surface area contributed by atoms with E-state index in [4.69, 9.17) is 4.52 Å². The van der Waals surface area contributed by atoms with Crippen molar-refractivity contribution < 1.29 is 40.2 Å². The van der Waals surface area contributed by atoms with Gasteiger partial charge in [-0.3, -0.25) is 9.09 Å². The summed E-state index contributed by atoms with van der Waals surface area (Å²) < 4.78 is 18.9. The van der Waals surface area contributed by atoms with Gasteiger partial charge in [0.05, 0.1) is 8.80 Å². The van der Waals surface area contributed by atoms with Crippen LogP contribution in [0.2, 0.25) is 13.1 Å². The number of hydrogen-bond acceptors (Lipinski definition) is 2. The Kier molecular flexibility index (Phi) is 5.77. The SMILES string of the molecule is C[Si](C)C1=Cc2ccccc2C1OP(=O)(O)c1cc2ccccc2[cH-]1.[Zr]. The van der Waals surface area contributed by atoms with Gasteiger partial charge < -0.3 is 4.89 Å². The minimum atomic E-state index is -3.92. The number of fused-ring (bicyclic) bond motifs is 2. The van der Waals surface area contributed by atoms with E-state index in [9.17, 15) is 9.46 Å². The Morgan fingerprint density at radius 2 is 1.81 bits per heavy atom. The van der Waals surface area contributed by atoms with Gasteiger partial charge in [0.15, 0.2) is 0 Å². The first-order chi connectivity index (χ1) is 12.0. The second-order valence-electron chi connectivity index (χ2n) is 6.58. The van der Waals surface area contributed by atoms with Crippen LogP contribution in [0.3, 0.4) is 0 Å². The molecular formula is C20H19O3PSiZr-. The zero-order valence-corrected chi connectivity index (χ0v) is 19.0. The van der Waals surface area contributed by atoms with Crippen LogP contribution in [0.15, 0.2) is 65.9 Å². The van der Waals surface area contributed by atoms with Crippen molar-refractivity contribution >= 4 is 38.5 Å². The van der Waals surface area contributed by atoms with Crippen molar-refractivity contribution in [2.24, 2.45) is 0 Å². The van der Waals surface area contributed by atoms with Gasteiger partial charge in [0.2, 0.25) is 0 Å². The van der Waals surface area contributed by atoms with E-state index in [1.165, 1.54) is 0 Å². The largest absolute Gasteiger partial charge is 0.340 e. The van der Waals surface area contributed by atoms with Gasteiger partial charge in [-0.05, 0) is 21.6 Å². The summed E-state index contributed by atoms with van der Waals surface area (Å²) in [7, 11) is -4.72. The Bertz CT molecular complexity index is 992. The van der Waals surface area contributed by atoms with E-state index in [-0.39, 0.29) is 26.2 Å². The quantitative estimate of drug-likeness (QED) is 0.347. The number of hydrogen-bond donors (Lipinski definition) is 1. The summed E-state index contributed by atoms with van der Waals surface area (Å²) in [6, 6.07) is 19.2. The summed E-state index contributed by atoms with van der Waals surface area (Å²) >= 11 is 0. The molecule has 3 nitrogen and oxygen atoms in total. The topological polar surface area (TPSA) is 46.5 Å². The predicted octanol–water partition coefficient (Wildman–Crippen LogP) is 4.82. The Morgan fingerprint density at radius 1 is 1.12 bits per heavy atom. The fraction of sp³-hybridized carbons (Fsp3) is 0.150. The molecule has 0 heterocycles. The first kappa shape index (κ1) is 19.8. The van der Waals surface area contributed by atoms with Gasteiger partial charge in [0.25, 0.3) is 0 Å². The van der Waals surface area contributed by atoms with Crippen LogP contribution in [-0.2, 0) is 35.3 Å². The number of rotatable bonds is 4. The van der Waals surface area contributed by atoms with Crippen LogP contribution in [-0.4, -0.2) is 13.7 Å². The Labute approximate surface area is 174 Å². The zero-order chi connectivity index (χ0) is 17.6. The van der Waals surface area contributed by atoms with Gasteiger partial charge in [-0.15, -0.1) is 35.0 Å². The standard InChI is InChI=1S/C20H19O3PSi.Zr/c1-25(2)19-13-16-9-5-6-10-18(16)20(19)23-24(21,22)17-11-14-7-3-4-8-15(14)12-17;/h3-13,20H,1-2H3,(H,21,22);/q-1;. The maximum atomic E-state index is 13.0. The molecule has 1 aliphatic rings. The van der Waals surface area contributed by atoms with Crippen molar-refractivity contribution in [3.05, 3.63) is 77.0 Å². The molecule has 6 heteroatoms. The molecule has 1 N–H and O–H groups in total. The third-order valence-electron chi connectivity index (χ3n) is 4.63. The molecule has 0 aromatic heterocycles. The molecule has 0 spiro atoms. The summed E-state index contributed by atoms with van der Waals surface area (Å²) in [5.74, 6) is 0. The van der Waals surface area contributed by atoms with Crippen LogP contribution < -0.4 is 5.30 Å². The summed E-state index contributed by atoms with van der Waals surface area (Å²) in [6.45, 7) is 4.36. The smallest absolute Gasteiger partial charge is 0.322 e. The molecule has 4 rings (SSSR count). The van der Waals surface area contributed by atoms with Crippen molar-refractivity contribution in [1.82, 2.24) is 0 Å². The molecule has 0 bridgehead atoms. The molecule has 0 aliphatic heterocycles. The van der Waals surface area contributed by atoms with E-state index in [1.54, 1.807) is 12.1 Å². The van der Waals surface area contributed by atoms with Gasteiger partial charge in [-0.25, -0.2) is 0 Å². The van der Waals surface area contributed by atoms with E-state index in [0.29, 0.717) is 5.30 Å². The van der Waals surface area contributed by atoms with Gasteiger partial charge in [-0.1, -0.05) is 49.5 Å². The van der Waals surface area contributed by atoms with Gasteiger partial charge in [-0.2, -0.15) is 6.07 Å². The Hall–Kier alpha value is -0.960. The van der Waals surface area contributed by atoms with Gasteiger partial charge in [0, 0.05) is 26.2 Å². The monoisotopic (exact) mass is 456 g/mol. The second-order valence-corrected chi connectivity index (χ2v) is 10.9. The van der Waals surface area contributed by atoms with Crippen molar-refractivity contribution in [3.8, 4) is 0 Å². The molecule has 3 aromatic carbocycles. The summed E-state index contributed by atoms with van der Waals surface area (Å²) in [6.07, 6.45) is 1.68. The fourth-order valence-corrected chi connectivity index (χ4v) is 5.83. The molecule has 1 radical (unpaired) electrons. The van der Waals surface area contributed by atoms with Gasteiger partial charge in [0.1, 0.15) is 6.10 Å². The minimum absolute atomic E-state index is 0. The van der Waals surface area contributed by atoms with Crippen LogP contribution >= 0.6 is 7.60 Å². The third-order valence-corrected chi connectivity index (χ3v) is 7.60. The van der Waals surface area contributed by atoms with E-state index in [1.807, 2.05) is 48.5 Å². The van der Waals surface area contributed by atoms with Crippen LogP contribution in [0, 0.1) is 0 Å². The summed E-state index contributed by atoms with van der Waals surface area (Å²) in [4.78, 5) is 10.7. The van der Waals surface area contributed by atoms with E-state index >= 15 is 0 Å². The average Bonchev–Trinajstić information content (AvgIpc) is 3.17. The first-order valence-electron chi connectivity index (χ1n) is 8.24. The van der Waals surface area contributed by atoms with Crippen molar-refractivity contribution in [2.75, 3.05) is 0 Å². The fourth-order valence-electron chi connectivity index (χ4n) is 3.31. The Morgan fingerprint density at radius 3 is 2.54 bits per heavy atom. The van der Waals surface area contributed by atoms with Crippen LogP contribution in [0.25, 0.3) is 16.8 Å². The van der Waals surface area contributed by atoms with Crippen LogP contribution in [0.1, 0.15) is 17.2 Å². The second kappa shape index (κ2) is 7.58. The predicted molar refractivity (Wildman–Crippen MR) is 105 cm³/mol. The normalized spacial score (nSPS) is 18.3. The maximum absolute atomic E-state index is 13.0. The summed E-state index contributed by atoms with van der Waals surface area (Å²) in [5, 5.41) is 3.40. The first-order valence-corrected chi connectivity index (χ1v) is 12.3.